The zero-order chi connectivity index (χ0) is 12.2. The average Bonchev–Trinajstić information content (AvgIpc) is 2.22. The fourth-order valence-electron chi connectivity index (χ4n) is 0.890. The van der Waals surface area contributed by atoms with Gasteiger partial charge < -0.3 is 19.3 Å². The van der Waals surface area contributed by atoms with Crippen LogP contribution >= 0.6 is 0 Å². The minimum Gasteiger partial charge on any atom is -0.464 e. The maximum atomic E-state index is 11.1. The molecule has 0 aromatic heterocycles. The van der Waals surface area contributed by atoms with E-state index in [9.17, 15) is 4.79 Å². The molecule has 0 heterocycles. The number of ether oxygens (including phenoxy) is 3. The maximum Gasteiger partial charge on any atom is 0.332 e. The molecule has 96 valence electrons. The molecule has 0 aromatic carbocycles. The summed E-state index contributed by atoms with van der Waals surface area (Å²) in [7, 11) is 0. The van der Waals surface area contributed by atoms with Crippen LogP contribution in [-0.2, 0) is 19.0 Å². The van der Waals surface area contributed by atoms with Crippen LogP contribution in [0.2, 0.25) is 0 Å². The Morgan fingerprint density at radius 1 is 1.12 bits per heavy atom. The number of aliphatic hydroxyl groups is 1. The van der Waals surface area contributed by atoms with Gasteiger partial charge in [0.05, 0.1) is 33.0 Å². The van der Waals surface area contributed by atoms with Gasteiger partial charge in [0.15, 0.2) is 0 Å². The van der Waals surface area contributed by atoms with Crippen molar-refractivity contribution in [3.63, 3.8) is 0 Å². The van der Waals surface area contributed by atoms with Crippen molar-refractivity contribution < 1.29 is 24.1 Å². The predicted molar refractivity (Wildman–Crippen MR) is 59.1 cm³/mol. The van der Waals surface area contributed by atoms with Crippen LogP contribution in [0.25, 0.3) is 0 Å². The molecule has 5 nitrogen and oxygen atoms in total. The number of aliphatic hydroxyl groups excluding tert-OH is 1. The first-order chi connectivity index (χ1) is 7.66. The Labute approximate surface area is 96.7 Å². The van der Waals surface area contributed by atoms with Gasteiger partial charge in [-0.05, 0) is 12.3 Å². The van der Waals surface area contributed by atoms with Gasteiger partial charge in [-0.15, -0.1) is 0 Å². The van der Waals surface area contributed by atoms with Crippen LogP contribution in [0.5, 0.6) is 0 Å². The molecule has 0 aromatic rings. The summed E-state index contributed by atoms with van der Waals surface area (Å²) in [4.78, 5) is 11.1. The molecule has 5 heteroatoms. The molecule has 0 aliphatic rings. The smallest absolute Gasteiger partial charge is 0.332 e. The molecule has 0 saturated heterocycles. The lowest BCUT2D eigenvalue weighted by molar-refractivity contribution is -0.149. The summed E-state index contributed by atoms with van der Waals surface area (Å²) >= 11 is 0. The first-order valence-electron chi connectivity index (χ1n) is 5.58. The highest BCUT2D eigenvalue weighted by molar-refractivity contribution is 5.70. The molecule has 1 N–H and O–H groups in total. The second-order valence-corrected chi connectivity index (χ2v) is 3.79. The SMILES string of the molecule is CC(C)CCOC(=O)COCCOCCO. The van der Waals surface area contributed by atoms with Crippen LogP contribution in [0.1, 0.15) is 20.3 Å². The topological polar surface area (TPSA) is 65.0 Å². The van der Waals surface area contributed by atoms with E-state index in [0.717, 1.165) is 6.42 Å². The van der Waals surface area contributed by atoms with Gasteiger partial charge >= 0.3 is 5.97 Å². The summed E-state index contributed by atoms with van der Waals surface area (Å²) in [5.74, 6) is 0.184. The summed E-state index contributed by atoms with van der Waals surface area (Å²) in [6, 6.07) is 0. The quantitative estimate of drug-likeness (QED) is 0.443. The van der Waals surface area contributed by atoms with E-state index in [1.807, 2.05) is 0 Å². The van der Waals surface area contributed by atoms with Crippen molar-refractivity contribution in [2.75, 3.05) is 39.6 Å². The van der Waals surface area contributed by atoms with Gasteiger partial charge in [-0.1, -0.05) is 13.8 Å². The molecule has 0 fully saturated rings. The summed E-state index contributed by atoms with van der Waals surface area (Å²) in [6.07, 6.45) is 0.866. The van der Waals surface area contributed by atoms with Crippen LogP contribution in [-0.4, -0.2) is 50.7 Å². The van der Waals surface area contributed by atoms with Crippen molar-refractivity contribution in [1.29, 1.82) is 0 Å². The minimum absolute atomic E-state index is 0.00273. The molecule has 0 saturated carbocycles. The van der Waals surface area contributed by atoms with Crippen LogP contribution < -0.4 is 0 Å². The third-order valence-corrected chi connectivity index (χ3v) is 1.79. The molecule has 0 unspecified atom stereocenters. The molecule has 0 bridgehead atoms. The molecule has 0 aliphatic heterocycles. The highest BCUT2D eigenvalue weighted by Gasteiger charge is 2.03. The van der Waals surface area contributed by atoms with Crippen molar-refractivity contribution in [3.05, 3.63) is 0 Å². The van der Waals surface area contributed by atoms with Gasteiger partial charge in [0.25, 0.3) is 0 Å². The van der Waals surface area contributed by atoms with Crippen molar-refractivity contribution in [1.82, 2.24) is 0 Å². The average molecular weight is 234 g/mol. The number of hydrogen-bond acceptors (Lipinski definition) is 5. The van der Waals surface area contributed by atoms with Gasteiger partial charge in [-0.25, -0.2) is 4.79 Å². The first-order valence-corrected chi connectivity index (χ1v) is 5.58. The van der Waals surface area contributed by atoms with Gasteiger partial charge in [-0.3, -0.25) is 0 Å². The largest absolute Gasteiger partial charge is 0.464 e. The Bertz CT molecular complexity index is 170. The number of carbonyl (C=O) groups is 1. The molecular weight excluding hydrogens is 212 g/mol. The van der Waals surface area contributed by atoms with E-state index in [-0.39, 0.29) is 19.2 Å². The maximum absolute atomic E-state index is 11.1. The first kappa shape index (κ1) is 15.3. The molecule has 0 rings (SSSR count). The number of rotatable bonds is 10. The number of esters is 1. The summed E-state index contributed by atoms with van der Waals surface area (Å²) in [6.45, 7) is 5.55. The van der Waals surface area contributed by atoms with Crippen molar-refractivity contribution in [2.24, 2.45) is 5.92 Å². The van der Waals surface area contributed by atoms with E-state index in [1.165, 1.54) is 0 Å². The lowest BCUT2D eigenvalue weighted by Crippen LogP contribution is -2.16. The van der Waals surface area contributed by atoms with E-state index in [2.05, 4.69) is 13.8 Å². The van der Waals surface area contributed by atoms with Crippen LogP contribution in [0.15, 0.2) is 0 Å². The van der Waals surface area contributed by atoms with Crippen LogP contribution in [0.3, 0.4) is 0 Å². The fraction of sp³-hybridized carbons (Fsp3) is 0.909. The van der Waals surface area contributed by atoms with Crippen molar-refractivity contribution >= 4 is 5.97 Å². The standard InChI is InChI=1S/C11H22O5/c1-10(2)3-5-16-11(13)9-15-8-7-14-6-4-12/h10,12H,3-9H2,1-2H3. The van der Waals surface area contributed by atoms with Gasteiger partial charge in [0, 0.05) is 0 Å². The Kier molecular flexibility index (Phi) is 10.4. The number of carbonyl (C=O) groups excluding carboxylic acids is 1. The van der Waals surface area contributed by atoms with Gasteiger partial charge in [0.1, 0.15) is 6.61 Å². The Balaban J connectivity index is 3.17. The highest BCUT2D eigenvalue weighted by atomic mass is 16.6. The second-order valence-electron chi connectivity index (χ2n) is 3.79. The minimum atomic E-state index is -0.345. The van der Waals surface area contributed by atoms with E-state index in [4.69, 9.17) is 19.3 Å². The second kappa shape index (κ2) is 10.9. The van der Waals surface area contributed by atoms with Gasteiger partial charge in [-0.2, -0.15) is 0 Å². The zero-order valence-corrected chi connectivity index (χ0v) is 10.1. The monoisotopic (exact) mass is 234 g/mol. The summed E-state index contributed by atoms with van der Waals surface area (Å²) in [5, 5.41) is 8.41. The lowest BCUT2D eigenvalue weighted by atomic mass is 10.1. The van der Waals surface area contributed by atoms with Crippen LogP contribution in [0.4, 0.5) is 0 Å². The molecule has 0 spiro atoms. The molecular formula is C11H22O5. The summed E-state index contributed by atoms with van der Waals surface area (Å²) in [5.41, 5.74) is 0. The zero-order valence-electron chi connectivity index (χ0n) is 10.1. The Morgan fingerprint density at radius 2 is 1.81 bits per heavy atom. The third kappa shape index (κ3) is 11.4. The molecule has 0 atom stereocenters. The van der Waals surface area contributed by atoms with Crippen LogP contribution in [0, 0.1) is 5.92 Å². The molecule has 0 amide bonds. The van der Waals surface area contributed by atoms with E-state index in [0.29, 0.717) is 32.3 Å². The lowest BCUT2D eigenvalue weighted by Gasteiger charge is -2.07. The van der Waals surface area contributed by atoms with Crippen molar-refractivity contribution in [3.8, 4) is 0 Å². The molecule has 16 heavy (non-hydrogen) atoms. The molecule has 0 radical (unpaired) electrons. The fourth-order valence-corrected chi connectivity index (χ4v) is 0.890. The third-order valence-electron chi connectivity index (χ3n) is 1.79. The van der Waals surface area contributed by atoms with E-state index < -0.39 is 0 Å². The van der Waals surface area contributed by atoms with Gasteiger partial charge in [0.2, 0.25) is 0 Å². The normalized spacial score (nSPS) is 10.8. The van der Waals surface area contributed by atoms with E-state index in [1.54, 1.807) is 0 Å². The van der Waals surface area contributed by atoms with Crippen molar-refractivity contribution in [2.45, 2.75) is 20.3 Å². The summed E-state index contributed by atoms with van der Waals surface area (Å²) < 4.78 is 14.9. The van der Waals surface area contributed by atoms with E-state index >= 15 is 0 Å². The predicted octanol–water partition coefficient (Wildman–Crippen LogP) is 0.601. The highest BCUT2D eigenvalue weighted by Crippen LogP contribution is 1.98. The molecule has 0 aliphatic carbocycles. The number of hydrogen-bond donors (Lipinski definition) is 1. The Hall–Kier alpha value is -0.650. The Morgan fingerprint density at radius 3 is 2.44 bits per heavy atom.